The molecule has 20 heavy (non-hydrogen) atoms. The Bertz CT molecular complexity index is 402. The Balaban J connectivity index is 1.67. The zero-order valence-corrected chi connectivity index (χ0v) is 12.9. The molecule has 1 saturated carbocycles. The Morgan fingerprint density at radius 3 is 2.70 bits per heavy atom. The van der Waals surface area contributed by atoms with Crippen molar-refractivity contribution in [3.63, 3.8) is 0 Å². The minimum atomic E-state index is 0.285. The van der Waals surface area contributed by atoms with Crippen LogP contribution in [0.2, 0.25) is 0 Å². The first-order valence-corrected chi connectivity index (χ1v) is 7.72. The van der Waals surface area contributed by atoms with Crippen molar-refractivity contribution >= 4 is 0 Å². The topological polar surface area (TPSA) is 30.5 Å². The van der Waals surface area contributed by atoms with E-state index in [0.29, 0.717) is 19.1 Å². The number of rotatable bonds is 9. The molecule has 1 aliphatic carbocycles. The summed E-state index contributed by atoms with van der Waals surface area (Å²) in [6.45, 7) is 8.63. The van der Waals surface area contributed by atoms with Gasteiger partial charge in [-0.15, -0.1) is 0 Å². The van der Waals surface area contributed by atoms with E-state index in [2.05, 4.69) is 44.3 Å². The van der Waals surface area contributed by atoms with Gasteiger partial charge in [-0.25, -0.2) is 0 Å². The third-order valence-electron chi connectivity index (χ3n) is 3.74. The molecule has 0 aliphatic heterocycles. The number of ether oxygens (including phenoxy) is 2. The smallest absolute Gasteiger partial charge is 0.119 e. The van der Waals surface area contributed by atoms with Crippen LogP contribution in [0.25, 0.3) is 0 Å². The van der Waals surface area contributed by atoms with Gasteiger partial charge in [0.1, 0.15) is 12.4 Å². The number of hydrogen-bond donors (Lipinski definition) is 1. The van der Waals surface area contributed by atoms with Crippen LogP contribution in [0.1, 0.15) is 39.2 Å². The second kappa shape index (κ2) is 7.65. The highest BCUT2D eigenvalue weighted by atomic mass is 16.5. The highest BCUT2D eigenvalue weighted by Crippen LogP contribution is 2.20. The molecule has 1 fully saturated rings. The number of nitrogens with one attached hydrogen (secondary N) is 1. The van der Waals surface area contributed by atoms with E-state index in [0.717, 1.165) is 18.3 Å². The van der Waals surface area contributed by atoms with E-state index >= 15 is 0 Å². The lowest BCUT2D eigenvalue weighted by molar-refractivity contribution is 0.0188. The maximum atomic E-state index is 5.75. The van der Waals surface area contributed by atoms with E-state index in [4.69, 9.17) is 9.47 Å². The predicted molar refractivity (Wildman–Crippen MR) is 82.1 cm³/mol. The van der Waals surface area contributed by atoms with E-state index in [1.807, 2.05) is 6.07 Å². The summed E-state index contributed by atoms with van der Waals surface area (Å²) >= 11 is 0. The molecule has 1 unspecified atom stereocenters. The molecule has 3 heteroatoms. The molecule has 2 rings (SSSR count). The summed E-state index contributed by atoms with van der Waals surface area (Å²) in [5.74, 6) is 1.48. The lowest BCUT2D eigenvalue weighted by atomic mass is 10.1. The van der Waals surface area contributed by atoms with Crippen LogP contribution in [-0.4, -0.2) is 25.4 Å². The maximum absolute atomic E-state index is 5.75. The van der Waals surface area contributed by atoms with Crippen molar-refractivity contribution in [3.8, 4) is 5.75 Å². The summed E-state index contributed by atoms with van der Waals surface area (Å²) in [7, 11) is 0. The summed E-state index contributed by atoms with van der Waals surface area (Å²) in [6, 6.07) is 9.05. The lowest BCUT2D eigenvalue weighted by Gasteiger charge is -2.16. The molecule has 1 aliphatic rings. The molecular weight excluding hydrogens is 250 g/mol. The number of benzene rings is 1. The Labute approximate surface area is 122 Å². The fourth-order valence-electron chi connectivity index (χ4n) is 1.88. The van der Waals surface area contributed by atoms with Gasteiger partial charge < -0.3 is 14.8 Å². The molecule has 1 atom stereocenters. The van der Waals surface area contributed by atoms with Crippen LogP contribution in [0.15, 0.2) is 24.3 Å². The molecule has 1 aromatic carbocycles. The summed E-state index contributed by atoms with van der Waals surface area (Å²) in [6.07, 6.45) is 2.93. The first-order valence-electron chi connectivity index (χ1n) is 7.72. The fraction of sp³-hybridized carbons (Fsp3) is 0.647. The van der Waals surface area contributed by atoms with E-state index in [1.54, 1.807) is 0 Å². The predicted octanol–water partition coefficient (Wildman–Crippen LogP) is 3.38. The Hall–Kier alpha value is -1.06. The highest BCUT2D eigenvalue weighted by Gasteiger charge is 2.19. The second-order valence-electron chi connectivity index (χ2n) is 5.97. The average molecular weight is 277 g/mol. The van der Waals surface area contributed by atoms with Gasteiger partial charge in [0.2, 0.25) is 0 Å². The molecule has 3 nitrogen and oxygen atoms in total. The lowest BCUT2D eigenvalue weighted by Crippen LogP contribution is -2.19. The van der Waals surface area contributed by atoms with Gasteiger partial charge in [0, 0.05) is 12.6 Å². The normalized spacial score (nSPS) is 16.4. The summed E-state index contributed by atoms with van der Waals surface area (Å²) in [5.41, 5.74) is 1.28. The molecule has 1 aromatic rings. The highest BCUT2D eigenvalue weighted by molar-refractivity contribution is 5.28. The summed E-state index contributed by atoms with van der Waals surface area (Å²) in [5, 5.41) is 3.51. The van der Waals surface area contributed by atoms with Crippen LogP contribution < -0.4 is 10.1 Å². The minimum Gasteiger partial charge on any atom is -0.491 e. The van der Waals surface area contributed by atoms with Crippen LogP contribution >= 0.6 is 0 Å². The zero-order chi connectivity index (χ0) is 14.4. The van der Waals surface area contributed by atoms with Crippen molar-refractivity contribution in [1.29, 1.82) is 0 Å². The monoisotopic (exact) mass is 277 g/mol. The Morgan fingerprint density at radius 1 is 1.20 bits per heavy atom. The van der Waals surface area contributed by atoms with Crippen LogP contribution in [-0.2, 0) is 11.3 Å². The second-order valence-corrected chi connectivity index (χ2v) is 5.97. The molecule has 0 spiro atoms. The molecule has 0 heterocycles. The van der Waals surface area contributed by atoms with E-state index in [-0.39, 0.29) is 6.10 Å². The van der Waals surface area contributed by atoms with Gasteiger partial charge in [-0.1, -0.05) is 26.0 Å². The zero-order valence-electron chi connectivity index (χ0n) is 12.9. The Kier molecular flexibility index (Phi) is 5.86. The van der Waals surface area contributed by atoms with Gasteiger partial charge in [0.15, 0.2) is 0 Å². The molecule has 0 bridgehead atoms. The van der Waals surface area contributed by atoms with Crippen LogP contribution in [0, 0.1) is 5.92 Å². The maximum Gasteiger partial charge on any atom is 0.119 e. The minimum absolute atomic E-state index is 0.285. The molecule has 0 radical (unpaired) electrons. The first kappa shape index (κ1) is 15.3. The first-order chi connectivity index (χ1) is 9.65. The standard InChI is InChI=1S/C17H27NO2/c1-13(2)14(3)19-9-10-20-17-6-4-5-15(11-17)12-18-16-7-8-16/h4-6,11,13-14,16,18H,7-10,12H2,1-3H3. The van der Waals surface area contributed by atoms with Gasteiger partial charge >= 0.3 is 0 Å². The van der Waals surface area contributed by atoms with Gasteiger partial charge in [0.05, 0.1) is 12.7 Å². The molecule has 1 N–H and O–H groups in total. The third-order valence-corrected chi connectivity index (χ3v) is 3.74. The molecular formula is C17H27NO2. The van der Waals surface area contributed by atoms with Crippen LogP contribution in [0.5, 0.6) is 5.75 Å². The van der Waals surface area contributed by atoms with Crippen molar-refractivity contribution in [2.75, 3.05) is 13.2 Å². The van der Waals surface area contributed by atoms with Crippen molar-refractivity contribution in [2.45, 2.75) is 52.3 Å². The van der Waals surface area contributed by atoms with E-state index in [1.165, 1.54) is 18.4 Å². The summed E-state index contributed by atoms with van der Waals surface area (Å²) in [4.78, 5) is 0. The fourth-order valence-corrected chi connectivity index (χ4v) is 1.88. The van der Waals surface area contributed by atoms with Crippen molar-refractivity contribution in [1.82, 2.24) is 5.32 Å². The van der Waals surface area contributed by atoms with Gasteiger partial charge in [-0.2, -0.15) is 0 Å². The third kappa shape index (κ3) is 5.51. The van der Waals surface area contributed by atoms with Gasteiger partial charge in [-0.3, -0.25) is 0 Å². The van der Waals surface area contributed by atoms with E-state index in [9.17, 15) is 0 Å². The largest absolute Gasteiger partial charge is 0.491 e. The quantitative estimate of drug-likeness (QED) is 0.702. The Morgan fingerprint density at radius 2 is 2.00 bits per heavy atom. The van der Waals surface area contributed by atoms with Crippen molar-refractivity contribution in [3.05, 3.63) is 29.8 Å². The molecule has 0 aromatic heterocycles. The average Bonchev–Trinajstić information content (AvgIpc) is 3.25. The van der Waals surface area contributed by atoms with Gasteiger partial charge in [0.25, 0.3) is 0 Å². The van der Waals surface area contributed by atoms with Crippen molar-refractivity contribution in [2.24, 2.45) is 5.92 Å². The molecule has 0 amide bonds. The molecule has 0 saturated heterocycles. The van der Waals surface area contributed by atoms with Crippen LogP contribution in [0.3, 0.4) is 0 Å². The van der Waals surface area contributed by atoms with E-state index < -0.39 is 0 Å². The van der Waals surface area contributed by atoms with Crippen LogP contribution in [0.4, 0.5) is 0 Å². The molecule has 112 valence electrons. The SMILES string of the molecule is CC(C)C(C)OCCOc1cccc(CNC2CC2)c1. The summed E-state index contributed by atoms with van der Waals surface area (Å²) < 4.78 is 11.5. The van der Waals surface area contributed by atoms with Crippen molar-refractivity contribution < 1.29 is 9.47 Å². The van der Waals surface area contributed by atoms with Gasteiger partial charge in [-0.05, 0) is 43.4 Å². The number of hydrogen-bond acceptors (Lipinski definition) is 3.